The Labute approximate surface area is 233 Å². The monoisotopic (exact) mass is 526 g/mol. The number of H-pyrrole nitrogens is 1. The van der Waals surface area contributed by atoms with Crippen molar-refractivity contribution < 1.29 is 4.79 Å². The molecular formula is C33H30N6O. The molecule has 7 rings (SSSR count). The van der Waals surface area contributed by atoms with Gasteiger partial charge in [0.15, 0.2) is 0 Å². The molecule has 1 amide bonds. The maximum absolute atomic E-state index is 12.6. The molecule has 2 aromatic carbocycles. The molecule has 2 unspecified atom stereocenters. The third kappa shape index (κ3) is 4.21. The van der Waals surface area contributed by atoms with Crippen LogP contribution in [0.5, 0.6) is 0 Å². The molecule has 3 aromatic heterocycles. The number of carbonyl (C=O) groups is 1. The fraction of sp³-hybridized carbons (Fsp3) is 0.273. The molecule has 198 valence electrons. The molecule has 0 saturated heterocycles. The summed E-state index contributed by atoms with van der Waals surface area (Å²) < 4.78 is 0. The first kappa shape index (κ1) is 24.5. The van der Waals surface area contributed by atoms with Gasteiger partial charge in [0.2, 0.25) is 0 Å². The number of nitrogens with one attached hydrogen (secondary N) is 2. The van der Waals surface area contributed by atoms with Gasteiger partial charge in [-0.2, -0.15) is 5.10 Å². The van der Waals surface area contributed by atoms with Crippen LogP contribution in [0.15, 0.2) is 60.9 Å². The molecule has 7 heteroatoms. The molecule has 40 heavy (non-hydrogen) atoms. The van der Waals surface area contributed by atoms with Crippen molar-refractivity contribution >= 4 is 27.7 Å². The molecule has 3 heterocycles. The Hall–Kier alpha value is -4.54. The summed E-state index contributed by atoms with van der Waals surface area (Å²) >= 11 is 0. The third-order valence-electron chi connectivity index (χ3n) is 8.27. The zero-order chi connectivity index (χ0) is 27.2. The van der Waals surface area contributed by atoms with E-state index in [1.165, 1.54) is 35.8 Å². The van der Waals surface area contributed by atoms with Gasteiger partial charge in [-0.25, -0.2) is 4.98 Å². The molecular weight excluding hydrogens is 496 g/mol. The Kier molecular flexibility index (Phi) is 6.06. The molecule has 0 spiro atoms. The SMILES string of the molecule is CN(C)CCNC(=O)c1ccc(-c2nc3ccc4n[nH]c(C#Cc5ccncc5)c4c3c3c2C2CCC3C2)cc1. The van der Waals surface area contributed by atoms with Crippen LogP contribution >= 0.6 is 0 Å². The lowest BCUT2D eigenvalue weighted by atomic mass is 9.85. The van der Waals surface area contributed by atoms with Gasteiger partial charge in [0.05, 0.1) is 16.7 Å². The minimum absolute atomic E-state index is 0.0492. The summed E-state index contributed by atoms with van der Waals surface area (Å²) in [5, 5.41) is 13.0. The van der Waals surface area contributed by atoms with Crippen LogP contribution < -0.4 is 5.32 Å². The lowest BCUT2D eigenvalue weighted by Crippen LogP contribution is -2.31. The van der Waals surface area contributed by atoms with Gasteiger partial charge in [0, 0.05) is 52.9 Å². The Bertz CT molecular complexity index is 1810. The molecule has 2 aliphatic rings. The number of fused-ring (bicyclic) bond motifs is 9. The van der Waals surface area contributed by atoms with E-state index < -0.39 is 0 Å². The quantitative estimate of drug-likeness (QED) is 0.306. The summed E-state index contributed by atoms with van der Waals surface area (Å²) in [5.74, 6) is 7.57. The van der Waals surface area contributed by atoms with E-state index in [4.69, 9.17) is 4.98 Å². The zero-order valence-electron chi connectivity index (χ0n) is 22.7. The first-order chi connectivity index (χ1) is 19.6. The van der Waals surface area contributed by atoms with Gasteiger partial charge in [0.25, 0.3) is 5.91 Å². The van der Waals surface area contributed by atoms with E-state index in [9.17, 15) is 4.79 Å². The van der Waals surface area contributed by atoms with Crippen molar-refractivity contribution in [3.8, 4) is 23.1 Å². The van der Waals surface area contributed by atoms with Gasteiger partial charge >= 0.3 is 0 Å². The summed E-state index contributed by atoms with van der Waals surface area (Å²) in [4.78, 5) is 24.1. The number of amides is 1. The topological polar surface area (TPSA) is 86.8 Å². The van der Waals surface area contributed by atoms with Crippen molar-refractivity contribution in [1.29, 1.82) is 0 Å². The van der Waals surface area contributed by atoms with Crippen molar-refractivity contribution in [2.75, 3.05) is 27.2 Å². The Morgan fingerprint density at radius 3 is 2.48 bits per heavy atom. The molecule has 0 aliphatic heterocycles. The minimum Gasteiger partial charge on any atom is -0.351 e. The predicted molar refractivity (Wildman–Crippen MR) is 157 cm³/mol. The van der Waals surface area contributed by atoms with E-state index in [-0.39, 0.29) is 5.91 Å². The second-order valence-electron chi connectivity index (χ2n) is 11.1. The van der Waals surface area contributed by atoms with E-state index in [0.29, 0.717) is 23.9 Å². The summed E-state index contributed by atoms with van der Waals surface area (Å²) in [6.07, 6.45) is 7.07. The lowest BCUT2D eigenvalue weighted by Gasteiger charge is -2.21. The average Bonchev–Trinajstić information content (AvgIpc) is 3.71. The van der Waals surface area contributed by atoms with Crippen LogP contribution in [0, 0.1) is 11.8 Å². The number of aromatic amines is 1. The fourth-order valence-corrected chi connectivity index (χ4v) is 6.41. The van der Waals surface area contributed by atoms with Crippen LogP contribution in [0.1, 0.15) is 63.8 Å². The van der Waals surface area contributed by atoms with E-state index in [2.05, 4.69) is 43.3 Å². The number of aromatic nitrogens is 4. The molecule has 2 bridgehead atoms. The smallest absolute Gasteiger partial charge is 0.251 e. The highest BCUT2D eigenvalue weighted by Crippen LogP contribution is 2.58. The molecule has 2 atom stereocenters. The first-order valence-electron chi connectivity index (χ1n) is 13.9. The highest BCUT2D eigenvalue weighted by atomic mass is 16.1. The minimum atomic E-state index is -0.0492. The Morgan fingerprint density at radius 2 is 1.70 bits per heavy atom. The van der Waals surface area contributed by atoms with Gasteiger partial charge in [-0.1, -0.05) is 18.1 Å². The molecule has 7 nitrogen and oxygen atoms in total. The van der Waals surface area contributed by atoms with E-state index in [0.717, 1.165) is 45.5 Å². The average molecular weight is 527 g/mol. The maximum atomic E-state index is 12.6. The number of hydrogen-bond acceptors (Lipinski definition) is 5. The molecule has 2 N–H and O–H groups in total. The van der Waals surface area contributed by atoms with Crippen LogP contribution in [-0.2, 0) is 0 Å². The summed E-state index contributed by atoms with van der Waals surface area (Å²) in [5.41, 5.74) is 9.16. The number of rotatable bonds is 5. The van der Waals surface area contributed by atoms with Crippen molar-refractivity contribution in [1.82, 2.24) is 30.4 Å². The molecule has 5 aromatic rings. The van der Waals surface area contributed by atoms with Gasteiger partial charge < -0.3 is 10.2 Å². The number of nitrogens with zero attached hydrogens (tertiary/aromatic N) is 4. The van der Waals surface area contributed by atoms with Crippen molar-refractivity contribution in [3.63, 3.8) is 0 Å². The predicted octanol–water partition coefficient (Wildman–Crippen LogP) is 5.23. The van der Waals surface area contributed by atoms with Gasteiger partial charge in [0.1, 0.15) is 5.69 Å². The number of benzene rings is 2. The molecule has 0 radical (unpaired) electrons. The summed E-state index contributed by atoms with van der Waals surface area (Å²) in [6.45, 7) is 1.42. The van der Waals surface area contributed by atoms with Crippen molar-refractivity contribution in [2.45, 2.75) is 31.1 Å². The number of likely N-dealkylation sites (N-methyl/N-ethyl adjacent to an activating group) is 1. The van der Waals surface area contributed by atoms with Crippen LogP contribution in [0.2, 0.25) is 0 Å². The second kappa shape index (κ2) is 9.89. The highest BCUT2D eigenvalue weighted by molar-refractivity contribution is 6.11. The molecule has 1 saturated carbocycles. The molecule has 1 fully saturated rings. The first-order valence-corrected chi connectivity index (χ1v) is 13.9. The zero-order valence-corrected chi connectivity index (χ0v) is 22.7. The largest absolute Gasteiger partial charge is 0.351 e. The van der Waals surface area contributed by atoms with Crippen molar-refractivity contribution in [3.05, 3.63) is 88.9 Å². The lowest BCUT2D eigenvalue weighted by molar-refractivity contribution is 0.0951. The highest BCUT2D eigenvalue weighted by Gasteiger charge is 2.41. The Morgan fingerprint density at radius 1 is 0.950 bits per heavy atom. The summed E-state index contributed by atoms with van der Waals surface area (Å²) in [6, 6.07) is 15.9. The number of pyridine rings is 2. The van der Waals surface area contributed by atoms with Crippen LogP contribution in [0.3, 0.4) is 0 Å². The van der Waals surface area contributed by atoms with Gasteiger partial charge in [-0.15, -0.1) is 0 Å². The van der Waals surface area contributed by atoms with E-state index >= 15 is 0 Å². The molecule has 2 aliphatic carbocycles. The fourth-order valence-electron chi connectivity index (χ4n) is 6.41. The second-order valence-corrected chi connectivity index (χ2v) is 11.1. The number of carbonyl (C=O) groups excluding carboxylic acids is 1. The van der Waals surface area contributed by atoms with Gasteiger partial charge in [-0.3, -0.25) is 14.9 Å². The van der Waals surface area contributed by atoms with Crippen LogP contribution in [-0.4, -0.2) is 58.2 Å². The Balaban J connectivity index is 1.33. The van der Waals surface area contributed by atoms with Crippen LogP contribution in [0.4, 0.5) is 0 Å². The standard InChI is InChI=1S/C33H30N6O/c1-39(2)18-17-35-33(40)22-6-4-21(5-7-22)32-29-24-9-8-23(19-24)28(29)31-25(36-32)11-12-27-30(31)26(37-38-27)10-3-20-13-15-34-16-14-20/h4-7,11-16,23-24H,8-9,17-19H2,1-2H3,(H,35,40)(H,37,38). The van der Waals surface area contributed by atoms with Crippen LogP contribution in [0.25, 0.3) is 33.1 Å². The third-order valence-corrected chi connectivity index (χ3v) is 8.27. The maximum Gasteiger partial charge on any atom is 0.251 e. The number of hydrogen-bond donors (Lipinski definition) is 2. The van der Waals surface area contributed by atoms with E-state index in [1.54, 1.807) is 12.4 Å². The normalized spacial score (nSPS) is 17.3. The summed E-state index contributed by atoms with van der Waals surface area (Å²) in [7, 11) is 3.99. The van der Waals surface area contributed by atoms with E-state index in [1.807, 2.05) is 56.6 Å². The van der Waals surface area contributed by atoms with Crippen molar-refractivity contribution in [2.24, 2.45) is 0 Å². The van der Waals surface area contributed by atoms with Gasteiger partial charge in [-0.05, 0) is 98.6 Å².